The lowest BCUT2D eigenvalue weighted by Gasteiger charge is -2.25. The van der Waals surface area contributed by atoms with Crippen LogP contribution in [-0.4, -0.2) is 51.2 Å². The number of para-hydroxylation sites is 1. The molecular weight excluding hydrogens is 611 g/mol. The molecular formula is C33H25FN6O7. The number of ketones is 1. The first-order valence-electron chi connectivity index (χ1n) is 14.1. The molecule has 3 aromatic carbocycles. The topological polar surface area (TPSA) is 169 Å². The highest BCUT2D eigenvalue weighted by Crippen LogP contribution is 2.38. The minimum Gasteiger partial charge on any atom is -0.494 e. The zero-order chi connectivity index (χ0) is 33.1. The number of rotatable bonds is 8. The van der Waals surface area contributed by atoms with Gasteiger partial charge in [-0.15, -0.1) is 0 Å². The zero-order valence-electron chi connectivity index (χ0n) is 24.7. The van der Waals surface area contributed by atoms with Gasteiger partial charge in [0.15, 0.2) is 17.3 Å². The summed E-state index contributed by atoms with van der Waals surface area (Å²) in [5.74, 6) is -1.31. The zero-order valence-corrected chi connectivity index (χ0v) is 24.7. The van der Waals surface area contributed by atoms with Gasteiger partial charge in [-0.2, -0.15) is 0 Å². The molecule has 3 N–H and O–H groups in total. The van der Waals surface area contributed by atoms with Crippen LogP contribution in [0.3, 0.4) is 0 Å². The molecule has 0 radical (unpaired) electrons. The smallest absolute Gasteiger partial charge is 0.416 e. The van der Waals surface area contributed by atoms with Crippen molar-refractivity contribution in [3.05, 3.63) is 124 Å². The van der Waals surface area contributed by atoms with Gasteiger partial charge in [0.2, 0.25) is 0 Å². The molecule has 0 atom stereocenters. The van der Waals surface area contributed by atoms with Gasteiger partial charge in [0.05, 0.1) is 42.1 Å². The average Bonchev–Trinajstić information content (AvgIpc) is 3.44. The lowest BCUT2D eigenvalue weighted by atomic mass is 10.0. The summed E-state index contributed by atoms with van der Waals surface area (Å²) in [7, 11) is 1.30. The van der Waals surface area contributed by atoms with E-state index in [1.807, 2.05) is 30.3 Å². The lowest BCUT2D eigenvalue weighted by molar-refractivity contribution is -0.384. The molecule has 0 saturated carbocycles. The van der Waals surface area contributed by atoms with E-state index in [1.165, 1.54) is 54.6 Å². The molecule has 1 aliphatic rings. The molecule has 0 saturated heterocycles. The molecule has 3 heterocycles. The molecule has 0 spiro atoms. The quantitative estimate of drug-likeness (QED) is 0.130. The van der Waals surface area contributed by atoms with Crippen molar-refractivity contribution in [3.8, 4) is 22.8 Å². The Morgan fingerprint density at radius 1 is 1.02 bits per heavy atom. The maximum Gasteiger partial charge on any atom is 0.416 e. The molecule has 2 aromatic heterocycles. The van der Waals surface area contributed by atoms with Gasteiger partial charge in [0.1, 0.15) is 11.6 Å². The van der Waals surface area contributed by atoms with Crippen molar-refractivity contribution in [1.29, 1.82) is 0 Å². The SMILES string of the molecule is COc1cc(C(=O)Nc2cc(-c3[nH]c4c(c3Nc3ccccc3)C(=O)CN(C(=O)Oc3ccc([N+](=O)[O-])cc3)C4)ccn2)ccc1F. The van der Waals surface area contributed by atoms with Crippen LogP contribution < -0.4 is 20.1 Å². The van der Waals surface area contributed by atoms with Gasteiger partial charge in [-0.1, -0.05) is 18.2 Å². The van der Waals surface area contributed by atoms with E-state index in [4.69, 9.17) is 9.47 Å². The number of H-pyrrole nitrogens is 1. The van der Waals surface area contributed by atoms with Crippen molar-refractivity contribution in [3.63, 3.8) is 0 Å². The molecule has 14 heteroatoms. The van der Waals surface area contributed by atoms with E-state index in [2.05, 4.69) is 20.6 Å². The van der Waals surface area contributed by atoms with Crippen molar-refractivity contribution in [2.24, 2.45) is 0 Å². The van der Waals surface area contributed by atoms with Crippen LogP contribution in [0.5, 0.6) is 11.5 Å². The van der Waals surface area contributed by atoms with E-state index in [1.54, 1.807) is 12.1 Å². The minimum absolute atomic E-state index is 0.00255. The molecule has 0 unspecified atom stereocenters. The molecule has 0 fully saturated rings. The Hall–Kier alpha value is -6.57. The van der Waals surface area contributed by atoms with Gasteiger partial charge in [-0.3, -0.25) is 24.6 Å². The Bertz CT molecular complexity index is 2010. The third kappa shape index (κ3) is 6.47. The van der Waals surface area contributed by atoms with Crippen molar-refractivity contribution in [2.75, 3.05) is 24.3 Å². The number of aromatic nitrogens is 2. The average molecular weight is 637 g/mol. The molecule has 13 nitrogen and oxygen atoms in total. The number of hydrogen-bond acceptors (Lipinski definition) is 9. The highest BCUT2D eigenvalue weighted by atomic mass is 19.1. The third-order valence-corrected chi connectivity index (χ3v) is 7.30. The number of nitro groups is 1. The second-order valence-corrected chi connectivity index (χ2v) is 10.4. The van der Waals surface area contributed by atoms with Crippen molar-refractivity contribution in [2.45, 2.75) is 6.54 Å². The van der Waals surface area contributed by atoms with Crippen molar-refractivity contribution >= 4 is 40.7 Å². The number of amides is 2. The number of carbonyl (C=O) groups excluding carboxylic acids is 3. The number of aromatic amines is 1. The second-order valence-electron chi connectivity index (χ2n) is 10.4. The number of nitrogens with zero attached hydrogens (tertiary/aromatic N) is 3. The number of nitro benzene ring substituents is 1. The van der Waals surface area contributed by atoms with E-state index in [0.717, 1.165) is 6.07 Å². The Kier molecular flexibility index (Phi) is 8.30. The second kappa shape index (κ2) is 12.8. The van der Waals surface area contributed by atoms with E-state index >= 15 is 0 Å². The van der Waals surface area contributed by atoms with Gasteiger partial charge in [0, 0.05) is 40.8 Å². The van der Waals surface area contributed by atoms with E-state index in [-0.39, 0.29) is 47.4 Å². The normalized spacial score (nSPS) is 12.2. The number of anilines is 3. The summed E-state index contributed by atoms with van der Waals surface area (Å²) >= 11 is 0. The summed E-state index contributed by atoms with van der Waals surface area (Å²) in [5.41, 5.74) is 3.02. The van der Waals surface area contributed by atoms with Gasteiger partial charge in [0.25, 0.3) is 11.6 Å². The molecule has 1 aliphatic heterocycles. The first kappa shape index (κ1) is 30.5. The van der Waals surface area contributed by atoms with Crippen molar-refractivity contribution in [1.82, 2.24) is 14.9 Å². The number of methoxy groups -OCH3 is 1. The molecule has 2 amide bonds. The number of benzene rings is 3. The Morgan fingerprint density at radius 3 is 2.51 bits per heavy atom. The maximum absolute atomic E-state index is 13.9. The van der Waals surface area contributed by atoms with Crippen molar-refractivity contribution < 1.29 is 33.2 Å². The number of ether oxygens (including phenoxy) is 2. The summed E-state index contributed by atoms with van der Waals surface area (Å²) < 4.78 is 24.2. The highest BCUT2D eigenvalue weighted by Gasteiger charge is 2.34. The van der Waals surface area contributed by atoms with E-state index < -0.39 is 22.7 Å². The fourth-order valence-corrected chi connectivity index (χ4v) is 5.06. The van der Waals surface area contributed by atoms with Crippen LogP contribution in [0.15, 0.2) is 91.1 Å². The first-order valence-corrected chi connectivity index (χ1v) is 14.1. The number of non-ortho nitro benzene ring substituents is 1. The minimum atomic E-state index is -0.807. The number of hydrogen-bond donors (Lipinski definition) is 3. The number of fused-ring (bicyclic) bond motifs is 1. The monoisotopic (exact) mass is 636 g/mol. The predicted octanol–water partition coefficient (Wildman–Crippen LogP) is 6.33. The Balaban J connectivity index is 1.30. The largest absolute Gasteiger partial charge is 0.494 e. The number of pyridine rings is 1. The van der Waals surface area contributed by atoms with Crippen LogP contribution in [0, 0.1) is 15.9 Å². The Morgan fingerprint density at radius 2 is 1.79 bits per heavy atom. The predicted molar refractivity (Wildman–Crippen MR) is 169 cm³/mol. The fourth-order valence-electron chi connectivity index (χ4n) is 5.06. The highest BCUT2D eigenvalue weighted by molar-refractivity contribution is 6.09. The van der Waals surface area contributed by atoms with Crippen LogP contribution in [0.25, 0.3) is 11.3 Å². The fraction of sp³-hybridized carbons (Fsp3) is 0.0909. The van der Waals surface area contributed by atoms with Gasteiger partial charge >= 0.3 is 6.09 Å². The van der Waals surface area contributed by atoms with Gasteiger partial charge in [-0.25, -0.2) is 14.2 Å². The van der Waals surface area contributed by atoms with Crippen LogP contribution in [0.2, 0.25) is 0 Å². The molecule has 236 valence electrons. The molecule has 0 aliphatic carbocycles. The molecule has 5 aromatic rings. The van der Waals surface area contributed by atoms with Crippen LogP contribution in [0.4, 0.5) is 32.1 Å². The number of carbonyl (C=O) groups is 3. The lowest BCUT2D eigenvalue weighted by Crippen LogP contribution is -2.41. The van der Waals surface area contributed by atoms with Gasteiger partial charge in [-0.05, 0) is 54.6 Å². The third-order valence-electron chi connectivity index (χ3n) is 7.30. The standard InChI is InChI=1S/C33H25FN6O7/c1-46-27-15-20(7-12-24(27)34)32(42)38-28-16-19(13-14-35-28)30-31(36-21-5-3-2-4-6-21)29-25(37-30)17-39(18-26(29)41)33(43)47-23-10-8-22(9-11-23)40(44)45/h2-16,36-37H,17-18H2,1H3,(H,35,38,42). The van der Waals surface area contributed by atoms with Crippen LogP contribution in [-0.2, 0) is 6.54 Å². The van der Waals surface area contributed by atoms with E-state index in [9.17, 15) is 28.9 Å². The summed E-state index contributed by atoms with van der Waals surface area (Å²) in [4.78, 5) is 58.7. The van der Waals surface area contributed by atoms with Crippen LogP contribution in [0.1, 0.15) is 26.4 Å². The first-order chi connectivity index (χ1) is 22.7. The maximum atomic E-state index is 13.9. The summed E-state index contributed by atoms with van der Waals surface area (Å²) in [6.45, 7) is -0.282. The number of halogens is 1. The molecule has 0 bridgehead atoms. The number of nitrogens with one attached hydrogen (secondary N) is 3. The van der Waals surface area contributed by atoms with Crippen LogP contribution >= 0.6 is 0 Å². The number of Topliss-reactive ketones (excluding diaryl/α,β-unsaturated/α-hetero) is 1. The summed E-state index contributed by atoms with van der Waals surface area (Å²) in [5, 5.41) is 17.0. The molecule has 6 rings (SSSR count). The summed E-state index contributed by atoms with van der Waals surface area (Å²) in [6.07, 6.45) is 0.677. The Labute approximate surface area is 266 Å². The summed E-state index contributed by atoms with van der Waals surface area (Å²) in [6, 6.07) is 21.2. The molecule has 47 heavy (non-hydrogen) atoms. The van der Waals surface area contributed by atoms with E-state index in [0.29, 0.717) is 33.9 Å². The van der Waals surface area contributed by atoms with Gasteiger partial charge < -0.3 is 25.1 Å².